The minimum absolute atomic E-state index is 0.250. The number of hydrogen-bond acceptors (Lipinski definition) is 4. The highest BCUT2D eigenvalue weighted by Gasteiger charge is 1.92. The highest BCUT2D eigenvalue weighted by molar-refractivity contribution is 9.10. The van der Waals surface area contributed by atoms with Crippen LogP contribution in [0.2, 0.25) is 0 Å². The number of anilines is 1. The zero-order valence-electron chi connectivity index (χ0n) is 6.37. The summed E-state index contributed by atoms with van der Waals surface area (Å²) >= 11 is 3.23. The van der Waals surface area contributed by atoms with Crippen LogP contribution in [0.4, 0.5) is 5.69 Å². The topological polar surface area (TPSA) is 73.0 Å². The Morgan fingerprint density at radius 2 is 2.00 bits per heavy atom. The van der Waals surface area contributed by atoms with E-state index in [1.807, 2.05) is 19.1 Å². The summed E-state index contributed by atoms with van der Waals surface area (Å²) in [5, 5.41) is 0. The Bertz CT molecular complexity index is 295. The SMILES string of the molecule is Cc1nc(Br)ccc1N.O=C=O. The summed E-state index contributed by atoms with van der Waals surface area (Å²) in [5.74, 6) is 0. The van der Waals surface area contributed by atoms with Crippen LogP contribution in [0, 0.1) is 6.92 Å². The fraction of sp³-hybridized carbons (Fsp3) is 0.143. The molecule has 1 aromatic heterocycles. The van der Waals surface area contributed by atoms with Gasteiger partial charge in [-0.15, -0.1) is 0 Å². The Labute approximate surface area is 77.9 Å². The normalized spacial score (nSPS) is 7.83. The van der Waals surface area contributed by atoms with E-state index in [0.717, 1.165) is 16.0 Å². The molecule has 0 spiro atoms. The van der Waals surface area contributed by atoms with Crippen molar-refractivity contribution in [2.75, 3.05) is 5.73 Å². The fourth-order valence-electron chi connectivity index (χ4n) is 0.541. The number of nitrogens with zero attached hydrogens (tertiary/aromatic N) is 1. The van der Waals surface area contributed by atoms with Gasteiger partial charge in [0.15, 0.2) is 0 Å². The summed E-state index contributed by atoms with van der Waals surface area (Å²) < 4.78 is 0.828. The molecule has 0 aliphatic rings. The lowest BCUT2D eigenvalue weighted by Crippen LogP contribution is -1.91. The minimum Gasteiger partial charge on any atom is -0.397 e. The zero-order chi connectivity index (χ0) is 9.56. The van der Waals surface area contributed by atoms with Gasteiger partial charge in [0.1, 0.15) is 4.60 Å². The number of hydrogen-bond donors (Lipinski definition) is 1. The average molecular weight is 231 g/mol. The molecule has 0 bridgehead atoms. The lowest BCUT2D eigenvalue weighted by molar-refractivity contribution is -0.191. The second-order valence-corrected chi connectivity index (χ2v) is 2.70. The van der Waals surface area contributed by atoms with E-state index in [4.69, 9.17) is 15.3 Å². The summed E-state index contributed by atoms with van der Waals surface area (Å²) in [6.07, 6.45) is 0.250. The molecule has 0 saturated carbocycles. The van der Waals surface area contributed by atoms with E-state index >= 15 is 0 Å². The van der Waals surface area contributed by atoms with Gasteiger partial charge in [0.25, 0.3) is 0 Å². The van der Waals surface area contributed by atoms with E-state index < -0.39 is 0 Å². The van der Waals surface area contributed by atoms with Gasteiger partial charge in [0.05, 0.1) is 11.4 Å². The van der Waals surface area contributed by atoms with Crippen LogP contribution in [0.25, 0.3) is 0 Å². The summed E-state index contributed by atoms with van der Waals surface area (Å²) in [6.45, 7) is 1.88. The Hall–Kier alpha value is -1.19. The third kappa shape index (κ3) is 3.85. The smallest absolute Gasteiger partial charge is 0.373 e. The van der Waals surface area contributed by atoms with Crippen molar-refractivity contribution in [3.8, 4) is 0 Å². The first-order chi connectivity index (χ1) is 5.61. The average Bonchev–Trinajstić information content (AvgIpc) is 1.99. The molecule has 4 nitrogen and oxygen atoms in total. The highest BCUT2D eigenvalue weighted by Crippen LogP contribution is 2.11. The zero-order valence-corrected chi connectivity index (χ0v) is 7.96. The maximum Gasteiger partial charge on any atom is 0.373 e. The van der Waals surface area contributed by atoms with Gasteiger partial charge in [-0.1, -0.05) is 0 Å². The summed E-state index contributed by atoms with van der Waals surface area (Å²) in [5.41, 5.74) is 7.10. The van der Waals surface area contributed by atoms with Crippen LogP contribution < -0.4 is 5.73 Å². The molecule has 1 rings (SSSR count). The van der Waals surface area contributed by atoms with E-state index in [9.17, 15) is 0 Å². The number of nitrogens with two attached hydrogens (primary N) is 1. The number of aryl methyl sites for hydroxylation is 1. The predicted molar refractivity (Wildman–Crippen MR) is 46.1 cm³/mol. The molecule has 0 amide bonds. The third-order valence-corrected chi connectivity index (χ3v) is 1.53. The number of carbonyl (C=O) groups excluding carboxylic acids is 2. The molecular weight excluding hydrogens is 224 g/mol. The standard InChI is InChI=1S/C6H7BrN2.CO2/c1-4-5(8)2-3-6(7)9-4;2-1-3/h2-3H,8H2,1H3;. The van der Waals surface area contributed by atoms with E-state index in [-0.39, 0.29) is 6.15 Å². The first-order valence-corrected chi connectivity index (χ1v) is 3.79. The van der Waals surface area contributed by atoms with Crippen molar-refractivity contribution in [1.29, 1.82) is 0 Å². The van der Waals surface area contributed by atoms with Gasteiger partial charge in [-0.25, -0.2) is 4.98 Å². The van der Waals surface area contributed by atoms with Crippen LogP contribution in [-0.4, -0.2) is 11.1 Å². The van der Waals surface area contributed by atoms with Gasteiger partial charge < -0.3 is 5.73 Å². The summed E-state index contributed by atoms with van der Waals surface area (Å²) in [4.78, 5) is 20.3. The Morgan fingerprint density at radius 1 is 1.50 bits per heavy atom. The number of rotatable bonds is 0. The van der Waals surface area contributed by atoms with Gasteiger partial charge in [-0.3, -0.25) is 0 Å². The lowest BCUT2D eigenvalue weighted by Gasteiger charge is -1.96. The van der Waals surface area contributed by atoms with Crippen molar-refractivity contribution >= 4 is 27.8 Å². The molecule has 0 aliphatic carbocycles. The third-order valence-electron chi connectivity index (χ3n) is 1.09. The molecule has 0 radical (unpaired) electrons. The van der Waals surface area contributed by atoms with Gasteiger partial charge in [0.2, 0.25) is 0 Å². The van der Waals surface area contributed by atoms with Gasteiger partial charge in [-0.2, -0.15) is 9.59 Å². The Morgan fingerprint density at radius 3 is 2.33 bits per heavy atom. The van der Waals surface area contributed by atoms with Crippen LogP contribution in [0.15, 0.2) is 16.7 Å². The molecule has 12 heavy (non-hydrogen) atoms. The monoisotopic (exact) mass is 230 g/mol. The van der Waals surface area contributed by atoms with Crippen LogP contribution in [-0.2, 0) is 9.59 Å². The van der Waals surface area contributed by atoms with Crippen molar-refractivity contribution in [2.24, 2.45) is 0 Å². The van der Waals surface area contributed by atoms with Crippen LogP contribution in [0.1, 0.15) is 5.69 Å². The number of halogens is 1. The van der Waals surface area contributed by atoms with E-state index in [1.54, 1.807) is 0 Å². The number of nitrogen functional groups attached to an aromatic ring is 1. The van der Waals surface area contributed by atoms with Gasteiger partial charge in [-0.05, 0) is 35.0 Å². The highest BCUT2D eigenvalue weighted by atomic mass is 79.9. The maximum atomic E-state index is 8.12. The van der Waals surface area contributed by atoms with Gasteiger partial charge in [0, 0.05) is 0 Å². The van der Waals surface area contributed by atoms with Crippen molar-refractivity contribution in [2.45, 2.75) is 6.92 Å². The number of pyridine rings is 1. The second kappa shape index (κ2) is 5.46. The van der Waals surface area contributed by atoms with Crippen molar-refractivity contribution < 1.29 is 9.59 Å². The quantitative estimate of drug-likeness (QED) is 0.679. The molecule has 0 unspecified atom stereocenters. The van der Waals surface area contributed by atoms with E-state index in [2.05, 4.69) is 20.9 Å². The van der Waals surface area contributed by atoms with E-state index in [1.165, 1.54) is 0 Å². The largest absolute Gasteiger partial charge is 0.397 e. The van der Waals surface area contributed by atoms with Crippen LogP contribution in [0.5, 0.6) is 0 Å². The molecule has 64 valence electrons. The molecule has 0 fully saturated rings. The molecule has 0 aliphatic heterocycles. The molecule has 0 aromatic carbocycles. The maximum absolute atomic E-state index is 8.12. The molecule has 1 heterocycles. The van der Waals surface area contributed by atoms with Crippen LogP contribution >= 0.6 is 15.9 Å². The lowest BCUT2D eigenvalue weighted by atomic mass is 10.3. The van der Waals surface area contributed by atoms with E-state index in [0.29, 0.717) is 0 Å². The predicted octanol–water partition coefficient (Wildman–Crippen LogP) is 1.15. The summed E-state index contributed by atoms with van der Waals surface area (Å²) in [6, 6.07) is 3.65. The fourth-order valence-corrected chi connectivity index (χ4v) is 0.939. The molecule has 0 atom stereocenters. The molecule has 2 N–H and O–H groups in total. The number of aromatic nitrogens is 1. The first kappa shape index (κ1) is 10.8. The van der Waals surface area contributed by atoms with Crippen molar-refractivity contribution in [3.05, 3.63) is 22.4 Å². The first-order valence-electron chi connectivity index (χ1n) is 2.99. The van der Waals surface area contributed by atoms with Crippen molar-refractivity contribution in [1.82, 2.24) is 4.98 Å². The minimum atomic E-state index is 0.250. The molecular formula is C7H7BrN2O2. The second-order valence-electron chi connectivity index (χ2n) is 1.89. The summed E-state index contributed by atoms with van der Waals surface area (Å²) in [7, 11) is 0. The molecule has 0 saturated heterocycles. The van der Waals surface area contributed by atoms with Crippen molar-refractivity contribution in [3.63, 3.8) is 0 Å². The van der Waals surface area contributed by atoms with Gasteiger partial charge >= 0.3 is 6.15 Å². The Balaban J connectivity index is 0.000000354. The molecule has 5 heteroatoms. The van der Waals surface area contributed by atoms with Crippen LogP contribution in [0.3, 0.4) is 0 Å². The Kier molecular flexibility index (Phi) is 4.92. The molecule has 1 aromatic rings.